The number of hydrogen-bond donors (Lipinski definition) is 1. The molecule has 9 heteroatoms. The third-order valence-electron chi connectivity index (χ3n) is 6.38. The van der Waals surface area contributed by atoms with Gasteiger partial charge in [-0.25, -0.2) is 9.67 Å². The molecular weight excluding hydrogens is 488 g/mol. The summed E-state index contributed by atoms with van der Waals surface area (Å²) >= 11 is 0. The van der Waals surface area contributed by atoms with Crippen LogP contribution in [0.15, 0.2) is 110 Å². The molecule has 0 bridgehead atoms. The lowest BCUT2D eigenvalue weighted by molar-refractivity contribution is 0.0963. The van der Waals surface area contributed by atoms with Crippen molar-refractivity contribution in [2.45, 2.75) is 13.1 Å². The summed E-state index contributed by atoms with van der Waals surface area (Å²) in [7, 11) is 1.62. The first kappa shape index (κ1) is 24.1. The Hall–Kier alpha value is -5.31. The normalized spacial score (nSPS) is 11.0. The molecule has 0 unspecified atom stereocenters. The number of benzene rings is 3. The first-order valence-corrected chi connectivity index (χ1v) is 12.6. The van der Waals surface area contributed by atoms with Gasteiger partial charge in [0.25, 0.3) is 5.91 Å². The molecule has 3 heterocycles. The lowest BCUT2D eigenvalue weighted by Crippen LogP contribution is -2.17. The fraction of sp³-hybridized carbons (Fsp3) is 0.100. The minimum atomic E-state index is -0.141. The van der Waals surface area contributed by atoms with Crippen molar-refractivity contribution in [2.75, 3.05) is 7.05 Å². The Morgan fingerprint density at radius 1 is 0.821 bits per heavy atom. The molecule has 0 saturated carbocycles. The third-order valence-corrected chi connectivity index (χ3v) is 6.38. The summed E-state index contributed by atoms with van der Waals surface area (Å²) in [6, 6.07) is 27.6. The van der Waals surface area contributed by atoms with Crippen LogP contribution in [0.1, 0.15) is 21.5 Å². The summed E-state index contributed by atoms with van der Waals surface area (Å²) in [5.74, 6) is 1.12. The van der Waals surface area contributed by atoms with Crippen LogP contribution >= 0.6 is 0 Å². The van der Waals surface area contributed by atoms with Crippen LogP contribution in [0.5, 0.6) is 0 Å². The fourth-order valence-electron chi connectivity index (χ4n) is 4.43. The number of carbonyl (C=O) groups is 1. The Morgan fingerprint density at radius 2 is 1.62 bits per heavy atom. The van der Waals surface area contributed by atoms with Crippen molar-refractivity contribution in [3.8, 4) is 28.5 Å². The second kappa shape index (κ2) is 10.6. The predicted octanol–water partition coefficient (Wildman–Crippen LogP) is 4.45. The van der Waals surface area contributed by atoms with Gasteiger partial charge in [0.15, 0.2) is 11.6 Å². The molecule has 1 N–H and O–H groups in total. The van der Waals surface area contributed by atoms with Crippen LogP contribution in [-0.2, 0) is 13.1 Å². The molecule has 6 aromatic rings. The van der Waals surface area contributed by atoms with E-state index in [-0.39, 0.29) is 5.91 Å². The van der Waals surface area contributed by atoms with Crippen molar-refractivity contribution in [1.82, 2.24) is 39.6 Å². The van der Waals surface area contributed by atoms with Gasteiger partial charge in [-0.05, 0) is 47.5 Å². The highest BCUT2D eigenvalue weighted by molar-refractivity contribution is 5.94. The highest BCUT2D eigenvalue weighted by atomic mass is 16.1. The van der Waals surface area contributed by atoms with Crippen LogP contribution < -0.4 is 5.32 Å². The van der Waals surface area contributed by atoms with E-state index in [9.17, 15) is 4.79 Å². The summed E-state index contributed by atoms with van der Waals surface area (Å²) < 4.78 is 5.58. The number of nitrogens with one attached hydrogen (secondary N) is 1. The monoisotopic (exact) mass is 514 g/mol. The summed E-state index contributed by atoms with van der Waals surface area (Å²) in [6.45, 7) is 1.31. The number of amides is 1. The van der Waals surface area contributed by atoms with Crippen molar-refractivity contribution in [3.05, 3.63) is 126 Å². The lowest BCUT2D eigenvalue weighted by Gasteiger charge is -2.09. The second-order valence-electron chi connectivity index (χ2n) is 9.11. The molecule has 6 rings (SSSR count). The second-order valence-corrected chi connectivity index (χ2v) is 9.11. The van der Waals surface area contributed by atoms with Crippen LogP contribution in [0, 0.1) is 0 Å². The van der Waals surface area contributed by atoms with Gasteiger partial charge >= 0.3 is 0 Å². The molecule has 0 atom stereocenters. The summed E-state index contributed by atoms with van der Waals surface area (Å²) in [6.07, 6.45) is 7.45. The molecule has 192 valence electrons. The average molecular weight is 515 g/mol. The van der Waals surface area contributed by atoms with Crippen LogP contribution in [0.25, 0.3) is 28.5 Å². The van der Waals surface area contributed by atoms with Crippen molar-refractivity contribution in [1.29, 1.82) is 0 Å². The standard InChI is InChI=1S/C30H26N8O/c1-31-30(39)24-11-13-27(14-12-24)38-29(25-10-5-9-23(17-25)20-36-16-6-15-32-36)34-28(35-38)26-18-33-37(21-26)19-22-7-3-2-4-8-22/h2-18,21H,19-20H2,1H3,(H,31,39). The Morgan fingerprint density at radius 3 is 2.38 bits per heavy atom. The molecule has 3 aromatic carbocycles. The van der Waals surface area contributed by atoms with E-state index in [1.165, 1.54) is 0 Å². The molecule has 0 fully saturated rings. The third kappa shape index (κ3) is 5.24. The van der Waals surface area contributed by atoms with Gasteiger partial charge in [0, 0.05) is 36.8 Å². The molecule has 3 aromatic heterocycles. The predicted molar refractivity (Wildman–Crippen MR) is 148 cm³/mol. The van der Waals surface area contributed by atoms with Gasteiger partial charge in [-0.15, -0.1) is 5.10 Å². The zero-order valence-corrected chi connectivity index (χ0v) is 21.3. The Labute approximate surface area is 225 Å². The van der Waals surface area contributed by atoms with Gasteiger partial charge in [-0.2, -0.15) is 10.2 Å². The van der Waals surface area contributed by atoms with E-state index in [2.05, 4.69) is 39.8 Å². The van der Waals surface area contributed by atoms with E-state index in [4.69, 9.17) is 10.1 Å². The zero-order chi connectivity index (χ0) is 26.6. The molecule has 1 amide bonds. The van der Waals surface area contributed by atoms with Crippen LogP contribution in [0.4, 0.5) is 0 Å². The quantitative estimate of drug-likeness (QED) is 0.324. The molecular formula is C30H26N8O. The Bertz CT molecular complexity index is 1700. The number of hydrogen-bond acceptors (Lipinski definition) is 5. The topological polar surface area (TPSA) is 95.5 Å². The molecule has 0 spiro atoms. The number of rotatable bonds is 8. The van der Waals surface area contributed by atoms with E-state index in [1.807, 2.05) is 75.0 Å². The van der Waals surface area contributed by atoms with Crippen LogP contribution in [-0.4, -0.2) is 47.3 Å². The van der Waals surface area contributed by atoms with E-state index in [1.54, 1.807) is 31.6 Å². The van der Waals surface area contributed by atoms with Crippen LogP contribution in [0.2, 0.25) is 0 Å². The lowest BCUT2D eigenvalue weighted by atomic mass is 10.1. The summed E-state index contributed by atoms with van der Waals surface area (Å²) in [4.78, 5) is 17.0. The highest BCUT2D eigenvalue weighted by Gasteiger charge is 2.17. The van der Waals surface area contributed by atoms with E-state index >= 15 is 0 Å². The molecule has 0 radical (unpaired) electrons. The van der Waals surface area contributed by atoms with Gasteiger partial charge in [0.05, 0.1) is 30.5 Å². The number of nitrogens with zero attached hydrogens (tertiary/aromatic N) is 7. The average Bonchev–Trinajstić information content (AvgIpc) is 3.75. The minimum Gasteiger partial charge on any atom is -0.355 e. The van der Waals surface area contributed by atoms with E-state index in [0.29, 0.717) is 30.3 Å². The molecule has 39 heavy (non-hydrogen) atoms. The fourth-order valence-corrected chi connectivity index (χ4v) is 4.43. The zero-order valence-electron chi connectivity index (χ0n) is 21.3. The maximum atomic E-state index is 12.1. The molecule has 0 aliphatic carbocycles. The summed E-state index contributed by atoms with van der Waals surface area (Å²) in [5, 5.41) is 16.4. The first-order chi connectivity index (χ1) is 19.2. The SMILES string of the molecule is CNC(=O)c1ccc(-n2nc(-c3cnn(Cc4ccccc4)c3)nc2-c2cccc(Cn3cccn3)c2)cc1. The number of aromatic nitrogens is 7. The van der Waals surface area contributed by atoms with E-state index in [0.717, 1.165) is 27.9 Å². The molecule has 9 nitrogen and oxygen atoms in total. The van der Waals surface area contributed by atoms with Crippen molar-refractivity contribution in [3.63, 3.8) is 0 Å². The van der Waals surface area contributed by atoms with Crippen molar-refractivity contribution >= 4 is 5.91 Å². The Balaban J connectivity index is 1.38. The summed E-state index contributed by atoms with van der Waals surface area (Å²) in [5.41, 5.74) is 5.37. The van der Waals surface area contributed by atoms with Gasteiger partial charge < -0.3 is 5.32 Å². The van der Waals surface area contributed by atoms with Crippen molar-refractivity contribution in [2.24, 2.45) is 0 Å². The van der Waals surface area contributed by atoms with Gasteiger partial charge in [-0.3, -0.25) is 14.2 Å². The van der Waals surface area contributed by atoms with Gasteiger partial charge in [0.2, 0.25) is 0 Å². The number of carbonyl (C=O) groups excluding carboxylic acids is 1. The highest BCUT2D eigenvalue weighted by Crippen LogP contribution is 2.26. The molecule has 0 aliphatic rings. The Kier molecular flexibility index (Phi) is 6.53. The van der Waals surface area contributed by atoms with E-state index < -0.39 is 0 Å². The minimum absolute atomic E-state index is 0.141. The maximum Gasteiger partial charge on any atom is 0.251 e. The molecule has 0 aliphatic heterocycles. The smallest absolute Gasteiger partial charge is 0.251 e. The van der Waals surface area contributed by atoms with Crippen molar-refractivity contribution < 1.29 is 4.79 Å². The first-order valence-electron chi connectivity index (χ1n) is 12.6. The van der Waals surface area contributed by atoms with Crippen LogP contribution in [0.3, 0.4) is 0 Å². The van der Waals surface area contributed by atoms with Gasteiger partial charge in [0.1, 0.15) is 0 Å². The maximum absolute atomic E-state index is 12.1. The molecule has 0 saturated heterocycles. The van der Waals surface area contributed by atoms with Gasteiger partial charge in [-0.1, -0.05) is 48.5 Å². The largest absolute Gasteiger partial charge is 0.355 e.